The van der Waals surface area contributed by atoms with E-state index < -0.39 is 0 Å². The van der Waals surface area contributed by atoms with E-state index in [1.807, 2.05) is 0 Å². The average Bonchev–Trinajstić information content (AvgIpc) is 2.89. The Balaban J connectivity index is 2.19. The van der Waals surface area contributed by atoms with Crippen LogP contribution in [0.3, 0.4) is 0 Å². The Morgan fingerprint density at radius 1 is 1.31 bits per heavy atom. The Labute approximate surface area is 76.3 Å². The largest absolute Gasteiger partial charge is 0.383 e. The molecule has 0 saturated heterocycles. The van der Waals surface area contributed by atoms with Gasteiger partial charge in [-0.3, -0.25) is 4.99 Å². The first-order valence-electron chi connectivity index (χ1n) is 4.35. The van der Waals surface area contributed by atoms with E-state index in [9.17, 15) is 4.39 Å². The molecule has 1 fully saturated rings. The highest BCUT2D eigenvalue weighted by Gasteiger charge is 2.20. The molecule has 68 valence electrons. The maximum absolute atomic E-state index is 12.5. The van der Waals surface area contributed by atoms with Gasteiger partial charge in [-0.1, -0.05) is 0 Å². The van der Waals surface area contributed by atoms with Crippen molar-refractivity contribution in [2.45, 2.75) is 18.9 Å². The number of benzene rings is 1. The van der Waals surface area contributed by atoms with Gasteiger partial charge < -0.3 is 5.73 Å². The summed E-state index contributed by atoms with van der Waals surface area (Å²) in [6.07, 6.45) is 2.25. The first kappa shape index (κ1) is 8.23. The van der Waals surface area contributed by atoms with Crippen molar-refractivity contribution in [3.05, 3.63) is 35.6 Å². The van der Waals surface area contributed by atoms with Gasteiger partial charge in [0.1, 0.15) is 11.7 Å². The van der Waals surface area contributed by atoms with E-state index in [4.69, 9.17) is 5.73 Å². The molecule has 0 bridgehead atoms. The molecule has 1 aliphatic carbocycles. The molecule has 2 N–H and O–H groups in total. The lowest BCUT2D eigenvalue weighted by molar-refractivity contribution is 0.628. The number of halogens is 1. The Bertz CT molecular complexity index is 325. The minimum atomic E-state index is -0.247. The Morgan fingerprint density at radius 2 is 1.92 bits per heavy atom. The molecule has 0 radical (unpaired) electrons. The van der Waals surface area contributed by atoms with E-state index in [0.29, 0.717) is 11.9 Å². The normalized spacial score (nSPS) is 17.5. The molecular formula is C10H11FN2. The zero-order valence-corrected chi connectivity index (χ0v) is 7.20. The van der Waals surface area contributed by atoms with Gasteiger partial charge in [0.2, 0.25) is 0 Å². The summed E-state index contributed by atoms with van der Waals surface area (Å²) in [6, 6.07) is 6.49. The molecular weight excluding hydrogens is 167 g/mol. The number of aliphatic imine (C=N–C) groups is 1. The van der Waals surface area contributed by atoms with Crippen LogP contribution < -0.4 is 5.73 Å². The predicted octanol–water partition coefficient (Wildman–Crippen LogP) is 1.69. The van der Waals surface area contributed by atoms with E-state index in [-0.39, 0.29) is 5.82 Å². The van der Waals surface area contributed by atoms with Gasteiger partial charge in [-0.15, -0.1) is 0 Å². The maximum Gasteiger partial charge on any atom is 0.125 e. The predicted molar refractivity (Wildman–Crippen MR) is 50.1 cm³/mol. The van der Waals surface area contributed by atoms with Crippen LogP contribution in [0.15, 0.2) is 29.3 Å². The quantitative estimate of drug-likeness (QED) is 0.543. The fourth-order valence-electron chi connectivity index (χ4n) is 1.10. The second kappa shape index (κ2) is 3.17. The van der Waals surface area contributed by atoms with Gasteiger partial charge in [0, 0.05) is 5.56 Å². The number of hydrogen-bond donors (Lipinski definition) is 1. The van der Waals surface area contributed by atoms with Crippen molar-refractivity contribution in [3.63, 3.8) is 0 Å². The van der Waals surface area contributed by atoms with E-state index >= 15 is 0 Å². The third kappa shape index (κ3) is 2.05. The highest BCUT2D eigenvalue weighted by molar-refractivity contribution is 5.97. The molecule has 2 rings (SSSR count). The molecule has 0 aromatic heterocycles. The van der Waals surface area contributed by atoms with Crippen LogP contribution in [0.4, 0.5) is 4.39 Å². The topological polar surface area (TPSA) is 38.4 Å². The minimum Gasteiger partial charge on any atom is -0.383 e. The van der Waals surface area contributed by atoms with Crippen molar-refractivity contribution in [1.29, 1.82) is 0 Å². The van der Waals surface area contributed by atoms with Crippen LogP contribution in [0.5, 0.6) is 0 Å². The van der Waals surface area contributed by atoms with Crippen LogP contribution in [-0.4, -0.2) is 11.9 Å². The summed E-state index contributed by atoms with van der Waals surface area (Å²) < 4.78 is 12.5. The van der Waals surface area contributed by atoms with Crippen molar-refractivity contribution in [2.24, 2.45) is 10.7 Å². The fraction of sp³-hybridized carbons (Fsp3) is 0.300. The van der Waals surface area contributed by atoms with E-state index in [1.165, 1.54) is 12.1 Å². The first-order valence-corrected chi connectivity index (χ1v) is 4.35. The van der Waals surface area contributed by atoms with Crippen molar-refractivity contribution < 1.29 is 4.39 Å². The molecule has 3 heteroatoms. The van der Waals surface area contributed by atoms with E-state index in [2.05, 4.69) is 4.99 Å². The minimum absolute atomic E-state index is 0.247. The molecule has 0 amide bonds. The molecule has 0 spiro atoms. The molecule has 1 aromatic carbocycles. The van der Waals surface area contributed by atoms with Gasteiger partial charge in [-0.05, 0) is 37.1 Å². The third-order valence-corrected chi connectivity index (χ3v) is 2.01. The number of rotatable bonds is 2. The van der Waals surface area contributed by atoms with Crippen LogP contribution in [-0.2, 0) is 0 Å². The first-order chi connectivity index (χ1) is 6.25. The molecule has 0 heterocycles. The molecule has 1 aliphatic rings. The molecule has 2 nitrogen and oxygen atoms in total. The second-order valence-electron chi connectivity index (χ2n) is 3.25. The van der Waals surface area contributed by atoms with Crippen molar-refractivity contribution >= 4 is 5.84 Å². The maximum atomic E-state index is 12.5. The molecule has 0 aliphatic heterocycles. The summed E-state index contributed by atoms with van der Waals surface area (Å²) in [7, 11) is 0. The summed E-state index contributed by atoms with van der Waals surface area (Å²) in [5, 5.41) is 0. The third-order valence-electron chi connectivity index (χ3n) is 2.01. The van der Waals surface area contributed by atoms with Crippen LogP contribution in [0.2, 0.25) is 0 Å². The number of nitrogens with zero attached hydrogens (tertiary/aromatic N) is 1. The average molecular weight is 178 g/mol. The van der Waals surface area contributed by atoms with Gasteiger partial charge in [-0.2, -0.15) is 0 Å². The molecule has 1 saturated carbocycles. The number of amidine groups is 1. The number of nitrogens with two attached hydrogens (primary N) is 1. The van der Waals surface area contributed by atoms with Crippen LogP contribution >= 0.6 is 0 Å². The Hall–Kier alpha value is -1.38. The standard InChI is InChI=1S/C10H11FN2/c11-8-3-1-7(2-4-8)10(12)13-9-5-6-9/h1-4,9H,5-6H2,(H2,12,13). The van der Waals surface area contributed by atoms with E-state index in [0.717, 1.165) is 18.4 Å². The molecule has 0 atom stereocenters. The highest BCUT2D eigenvalue weighted by Crippen LogP contribution is 2.23. The summed E-state index contributed by atoms with van der Waals surface area (Å²) in [4.78, 5) is 4.26. The smallest absolute Gasteiger partial charge is 0.125 e. The zero-order valence-electron chi connectivity index (χ0n) is 7.20. The van der Waals surface area contributed by atoms with Gasteiger partial charge in [0.15, 0.2) is 0 Å². The van der Waals surface area contributed by atoms with Crippen LogP contribution in [0, 0.1) is 5.82 Å². The summed E-state index contributed by atoms with van der Waals surface area (Å²) >= 11 is 0. The lowest BCUT2D eigenvalue weighted by Gasteiger charge is -1.99. The zero-order chi connectivity index (χ0) is 9.26. The summed E-state index contributed by atoms with van der Waals surface area (Å²) in [6.45, 7) is 0. The molecule has 13 heavy (non-hydrogen) atoms. The van der Waals surface area contributed by atoms with Gasteiger partial charge in [0.05, 0.1) is 6.04 Å². The monoisotopic (exact) mass is 178 g/mol. The summed E-state index contributed by atoms with van der Waals surface area (Å²) in [5.74, 6) is 0.269. The lowest BCUT2D eigenvalue weighted by atomic mass is 10.2. The van der Waals surface area contributed by atoms with E-state index in [1.54, 1.807) is 12.1 Å². The van der Waals surface area contributed by atoms with Gasteiger partial charge in [0.25, 0.3) is 0 Å². The Kier molecular flexibility index (Phi) is 2.00. The van der Waals surface area contributed by atoms with Crippen molar-refractivity contribution in [2.75, 3.05) is 0 Å². The molecule has 0 unspecified atom stereocenters. The van der Waals surface area contributed by atoms with Crippen LogP contribution in [0.25, 0.3) is 0 Å². The SMILES string of the molecule is NC(=NC1CC1)c1ccc(F)cc1. The van der Waals surface area contributed by atoms with Crippen molar-refractivity contribution in [1.82, 2.24) is 0 Å². The lowest BCUT2D eigenvalue weighted by Crippen LogP contribution is -2.14. The van der Waals surface area contributed by atoms with Crippen molar-refractivity contribution in [3.8, 4) is 0 Å². The number of hydrogen-bond acceptors (Lipinski definition) is 1. The second-order valence-corrected chi connectivity index (χ2v) is 3.25. The fourth-order valence-corrected chi connectivity index (χ4v) is 1.10. The molecule has 1 aromatic rings. The Morgan fingerprint density at radius 3 is 2.46 bits per heavy atom. The van der Waals surface area contributed by atoms with Gasteiger partial charge in [-0.25, -0.2) is 4.39 Å². The van der Waals surface area contributed by atoms with Gasteiger partial charge >= 0.3 is 0 Å². The van der Waals surface area contributed by atoms with Crippen LogP contribution in [0.1, 0.15) is 18.4 Å². The summed E-state index contributed by atoms with van der Waals surface area (Å²) in [5.41, 5.74) is 6.51. The highest BCUT2D eigenvalue weighted by atomic mass is 19.1.